The van der Waals surface area contributed by atoms with E-state index in [1.165, 1.54) is 61.7 Å². The topological polar surface area (TPSA) is 74.8 Å². The molecule has 2 aliphatic rings. The van der Waals surface area contributed by atoms with Gasteiger partial charge in [-0.15, -0.1) is 0 Å². The average Bonchev–Trinajstić information content (AvgIpc) is 3.59. The molecule has 4 aromatic rings. The second kappa shape index (κ2) is 15.7. The van der Waals surface area contributed by atoms with Crippen molar-refractivity contribution in [2.45, 2.75) is 48.2 Å². The first-order valence-electron chi connectivity index (χ1n) is 15.3. The predicted molar refractivity (Wildman–Crippen MR) is 198 cm³/mol. The second-order valence-electron chi connectivity index (χ2n) is 12.1. The van der Waals surface area contributed by atoms with Crippen molar-refractivity contribution in [1.82, 2.24) is 8.61 Å². The van der Waals surface area contributed by atoms with E-state index in [2.05, 4.69) is 84.4 Å². The smallest absolute Gasteiger partial charge is 0.207 e. The molecule has 0 unspecified atom stereocenters. The Labute approximate surface area is 289 Å². The van der Waals surface area contributed by atoms with Gasteiger partial charge in [-0.25, -0.2) is 25.4 Å². The van der Waals surface area contributed by atoms with Crippen molar-refractivity contribution in [1.29, 1.82) is 0 Å². The maximum Gasteiger partial charge on any atom is 0.242 e. The van der Waals surface area contributed by atoms with E-state index in [9.17, 15) is 16.8 Å². The summed E-state index contributed by atoms with van der Waals surface area (Å²) in [5.74, 6) is 0. The molecule has 0 N–H and O–H groups in total. The monoisotopic (exact) mass is 734 g/mol. The second-order valence-corrected chi connectivity index (χ2v) is 17.0. The van der Waals surface area contributed by atoms with Gasteiger partial charge in [0.25, 0.3) is 0 Å². The third-order valence-electron chi connectivity index (χ3n) is 8.18. The van der Waals surface area contributed by atoms with Crippen LogP contribution in [0.1, 0.15) is 47.2 Å². The summed E-state index contributed by atoms with van der Waals surface area (Å²) in [4.78, 5) is 0.663. The number of hydrogen-bond acceptors (Lipinski definition) is 4. The molecule has 248 valence electrons. The minimum atomic E-state index is -3.36. The van der Waals surface area contributed by atoms with E-state index in [1.807, 2.05) is 12.1 Å². The van der Waals surface area contributed by atoms with E-state index in [0.717, 1.165) is 35.7 Å². The maximum atomic E-state index is 12.1. The Bertz CT molecular complexity index is 1980. The summed E-state index contributed by atoms with van der Waals surface area (Å²) >= 11 is 3.30. The van der Waals surface area contributed by atoms with Gasteiger partial charge in [-0.1, -0.05) is 106 Å². The van der Waals surface area contributed by atoms with E-state index in [1.54, 1.807) is 50.5 Å². The van der Waals surface area contributed by atoms with Crippen LogP contribution in [0.25, 0.3) is 11.6 Å². The first-order chi connectivity index (χ1) is 22.2. The number of sulfonamides is 2. The number of benzene rings is 4. The van der Waals surface area contributed by atoms with Crippen LogP contribution >= 0.6 is 15.9 Å². The SMILES string of the molecule is CC1=C(Cc2ccc(S(=O)(=O)N(C)C)cc2)c2ccccc2C1.CC1=Cc2ccccc2C1.CN(C)S(=O)(=O)c1ccc(CBr)cc1. The molecule has 6 nitrogen and oxygen atoms in total. The van der Waals surface area contributed by atoms with Crippen molar-refractivity contribution < 1.29 is 16.8 Å². The first-order valence-corrected chi connectivity index (χ1v) is 19.3. The fourth-order valence-corrected chi connectivity index (χ4v) is 7.62. The van der Waals surface area contributed by atoms with Gasteiger partial charge in [-0.05, 0) is 96.3 Å². The highest BCUT2D eigenvalue weighted by molar-refractivity contribution is 9.08. The zero-order valence-corrected chi connectivity index (χ0v) is 31.1. The number of alkyl halides is 1. The molecular formula is C38H43BrN2O4S2. The van der Waals surface area contributed by atoms with Crippen molar-refractivity contribution in [3.63, 3.8) is 0 Å². The number of rotatable bonds is 7. The van der Waals surface area contributed by atoms with Crippen LogP contribution in [0.2, 0.25) is 0 Å². The van der Waals surface area contributed by atoms with Gasteiger partial charge in [0, 0.05) is 33.5 Å². The van der Waals surface area contributed by atoms with Crippen molar-refractivity contribution in [2.75, 3.05) is 28.2 Å². The van der Waals surface area contributed by atoms with E-state index >= 15 is 0 Å². The molecule has 6 rings (SSSR count). The van der Waals surface area contributed by atoms with Crippen molar-refractivity contribution in [3.05, 3.63) is 142 Å². The zero-order chi connectivity index (χ0) is 34.4. The lowest BCUT2D eigenvalue weighted by molar-refractivity contribution is 0.519. The minimum absolute atomic E-state index is 0.326. The summed E-state index contributed by atoms with van der Waals surface area (Å²) in [7, 11) is -0.503. The molecular weight excluding hydrogens is 692 g/mol. The van der Waals surface area contributed by atoms with Crippen LogP contribution in [0.5, 0.6) is 0 Å². The normalized spacial score (nSPS) is 13.8. The Kier molecular flexibility index (Phi) is 12.2. The third-order valence-corrected chi connectivity index (χ3v) is 12.5. The molecule has 0 heterocycles. The van der Waals surface area contributed by atoms with Gasteiger partial charge in [0.05, 0.1) is 9.79 Å². The summed E-state index contributed by atoms with van der Waals surface area (Å²) in [5, 5.41) is 0.731. The van der Waals surface area contributed by atoms with Crippen LogP contribution in [-0.4, -0.2) is 53.6 Å². The molecule has 0 amide bonds. The summed E-state index contributed by atoms with van der Waals surface area (Å²) < 4.78 is 50.0. The predicted octanol–water partition coefficient (Wildman–Crippen LogP) is 7.99. The molecule has 0 bridgehead atoms. The van der Waals surface area contributed by atoms with Crippen LogP contribution in [0.15, 0.2) is 118 Å². The summed E-state index contributed by atoms with van der Waals surface area (Å²) in [5.41, 5.74) is 12.0. The van der Waals surface area contributed by atoms with Crippen LogP contribution < -0.4 is 0 Å². The van der Waals surface area contributed by atoms with Crippen molar-refractivity contribution in [2.24, 2.45) is 0 Å². The van der Waals surface area contributed by atoms with Crippen LogP contribution in [0.3, 0.4) is 0 Å². The Morgan fingerprint density at radius 1 is 0.617 bits per heavy atom. The molecule has 4 aromatic carbocycles. The highest BCUT2D eigenvalue weighted by atomic mass is 79.9. The van der Waals surface area contributed by atoms with E-state index < -0.39 is 20.0 Å². The average molecular weight is 736 g/mol. The lowest BCUT2D eigenvalue weighted by Crippen LogP contribution is -2.22. The highest BCUT2D eigenvalue weighted by Crippen LogP contribution is 2.35. The van der Waals surface area contributed by atoms with Crippen LogP contribution in [0, 0.1) is 0 Å². The van der Waals surface area contributed by atoms with Crippen molar-refractivity contribution in [3.8, 4) is 0 Å². The molecule has 0 atom stereocenters. The molecule has 0 fully saturated rings. The Morgan fingerprint density at radius 2 is 1.11 bits per heavy atom. The van der Waals surface area contributed by atoms with Gasteiger partial charge >= 0.3 is 0 Å². The quantitative estimate of drug-likeness (QED) is 0.181. The number of nitrogens with zero attached hydrogens (tertiary/aromatic N) is 2. The fraction of sp³-hybridized carbons (Fsp3) is 0.263. The molecule has 0 saturated heterocycles. The Morgan fingerprint density at radius 3 is 1.62 bits per heavy atom. The van der Waals surface area contributed by atoms with E-state index in [-0.39, 0.29) is 0 Å². The van der Waals surface area contributed by atoms with E-state index in [4.69, 9.17) is 0 Å². The molecule has 0 saturated carbocycles. The molecule has 2 aliphatic carbocycles. The summed E-state index contributed by atoms with van der Waals surface area (Å²) in [6, 6.07) is 31.1. The summed E-state index contributed by atoms with van der Waals surface area (Å²) in [6.45, 7) is 4.36. The Hall–Kier alpha value is -3.34. The van der Waals surface area contributed by atoms with Crippen LogP contribution in [-0.2, 0) is 44.6 Å². The number of halogens is 1. The summed E-state index contributed by atoms with van der Waals surface area (Å²) in [6.07, 6.45) is 5.26. The Balaban J connectivity index is 0.000000176. The van der Waals surface area contributed by atoms with Crippen molar-refractivity contribution >= 4 is 47.6 Å². The van der Waals surface area contributed by atoms with Gasteiger partial charge in [0.15, 0.2) is 0 Å². The molecule has 47 heavy (non-hydrogen) atoms. The highest BCUT2D eigenvalue weighted by Gasteiger charge is 2.20. The largest absolute Gasteiger partial charge is 0.242 e. The number of hydrogen-bond donors (Lipinski definition) is 0. The number of fused-ring (bicyclic) bond motifs is 2. The molecule has 0 radical (unpaired) electrons. The van der Waals surface area contributed by atoms with Gasteiger partial charge < -0.3 is 0 Å². The lowest BCUT2D eigenvalue weighted by atomic mass is 9.98. The first kappa shape index (κ1) is 36.5. The van der Waals surface area contributed by atoms with Gasteiger partial charge in [-0.3, -0.25) is 0 Å². The van der Waals surface area contributed by atoms with E-state index in [0.29, 0.717) is 9.79 Å². The third kappa shape index (κ3) is 8.97. The van der Waals surface area contributed by atoms with Gasteiger partial charge in [0.2, 0.25) is 20.0 Å². The number of allylic oxidation sites excluding steroid dienone is 3. The van der Waals surface area contributed by atoms with Gasteiger partial charge in [-0.2, -0.15) is 0 Å². The molecule has 0 spiro atoms. The molecule has 9 heteroatoms. The zero-order valence-electron chi connectivity index (χ0n) is 27.9. The molecule has 0 aromatic heterocycles. The van der Waals surface area contributed by atoms with Gasteiger partial charge in [0.1, 0.15) is 0 Å². The standard InChI is InChI=1S/C19H21NO2S.C10H10.C9H12BrNO2S/c1-14-12-16-6-4-5-7-18(16)19(14)13-15-8-10-17(11-9-15)23(21,22)20(2)3;1-8-6-9-4-2-3-5-10(9)7-8;1-11(2)14(12,13)9-5-3-8(7-10)4-6-9/h4-11H,12-13H2,1-3H3;2-6H,7H2,1H3;3-6H,7H2,1-2H3. The minimum Gasteiger partial charge on any atom is -0.207 e. The maximum absolute atomic E-state index is 12.1. The fourth-order valence-electron chi connectivity index (χ4n) is 5.45. The van der Waals surface area contributed by atoms with Crippen LogP contribution in [0.4, 0.5) is 0 Å². The molecule has 0 aliphatic heterocycles. The lowest BCUT2D eigenvalue weighted by Gasteiger charge is -2.12.